The van der Waals surface area contributed by atoms with E-state index in [-0.39, 0.29) is 5.91 Å². The Kier molecular flexibility index (Phi) is 6.76. The summed E-state index contributed by atoms with van der Waals surface area (Å²) in [6, 6.07) is 6.93. The first kappa shape index (κ1) is 25.0. The van der Waals surface area contributed by atoms with Gasteiger partial charge in [0.05, 0.1) is 5.39 Å². The van der Waals surface area contributed by atoms with Crippen LogP contribution in [0.1, 0.15) is 36.9 Å². The van der Waals surface area contributed by atoms with Crippen molar-refractivity contribution in [2.75, 3.05) is 51.5 Å². The maximum absolute atomic E-state index is 13.7. The normalized spacial score (nSPS) is 16.9. The molecule has 1 aliphatic heterocycles. The first-order chi connectivity index (χ1) is 17.8. The number of hydrogen-bond donors (Lipinski definition) is 2. The Morgan fingerprint density at radius 3 is 2.57 bits per heavy atom. The number of hydrogen-bond acceptors (Lipinski definition) is 7. The fourth-order valence-electron chi connectivity index (χ4n) is 5.49. The third kappa shape index (κ3) is 4.73. The monoisotopic (exact) mass is 505 g/mol. The lowest BCUT2D eigenvalue weighted by Gasteiger charge is -2.45. The molecule has 0 radical (unpaired) electrons. The number of fused-ring (bicyclic) bond motifs is 3. The Hall–Kier alpha value is -3.66. The minimum Gasteiger partial charge on any atom is -0.410 e. The Bertz CT molecular complexity index is 1310. The van der Waals surface area contributed by atoms with Crippen molar-refractivity contribution in [3.63, 3.8) is 0 Å². The van der Waals surface area contributed by atoms with E-state index in [9.17, 15) is 9.59 Å². The molecule has 1 fully saturated rings. The molecule has 0 unspecified atom stereocenters. The van der Waals surface area contributed by atoms with Crippen LogP contribution in [-0.4, -0.2) is 83.6 Å². The number of ether oxygens (including phenoxy) is 1. The number of aryl methyl sites for hydroxylation is 2. The number of nitrogens with zero attached hydrogens (tertiary/aromatic N) is 5. The zero-order chi connectivity index (χ0) is 26.2. The number of carbonyl (C=O) groups is 2. The fourth-order valence-corrected chi connectivity index (χ4v) is 5.49. The first-order valence-electron chi connectivity index (χ1n) is 12.9. The molecular weight excluding hydrogens is 470 g/mol. The van der Waals surface area contributed by atoms with Crippen LogP contribution in [0.4, 0.5) is 16.3 Å². The van der Waals surface area contributed by atoms with Crippen molar-refractivity contribution in [2.24, 2.45) is 0 Å². The largest absolute Gasteiger partial charge is 0.414 e. The van der Waals surface area contributed by atoms with E-state index in [1.807, 2.05) is 19.0 Å². The second-order valence-electron chi connectivity index (χ2n) is 10.4. The first-order valence-corrected chi connectivity index (χ1v) is 12.9. The van der Waals surface area contributed by atoms with Crippen LogP contribution in [0, 0.1) is 0 Å². The highest BCUT2D eigenvalue weighted by Crippen LogP contribution is 2.37. The molecule has 1 aromatic carbocycles. The molecule has 0 bridgehead atoms. The zero-order valence-electron chi connectivity index (χ0n) is 22.0. The molecule has 2 aliphatic rings. The number of anilines is 2. The predicted octanol–water partition coefficient (Wildman–Crippen LogP) is 3.44. The van der Waals surface area contributed by atoms with Crippen LogP contribution < -0.4 is 15.0 Å². The highest BCUT2D eigenvalue weighted by atomic mass is 16.6. The number of aromatic nitrogens is 3. The van der Waals surface area contributed by atoms with Gasteiger partial charge in [0.2, 0.25) is 5.91 Å². The van der Waals surface area contributed by atoms with Gasteiger partial charge in [-0.25, -0.2) is 14.8 Å². The van der Waals surface area contributed by atoms with Gasteiger partial charge < -0.3 is 24.8 Å². The summed E-state index contributed by atoms with van der Waals surface area (Å²) < 4.78 is 5.35. The Labute approximate surface area is 217 Å². The van der Waals surface area contributed by atoms with Gasteiger partial charge >= 0.3 is 6.09 Å². The van der Waals surface area contributed by atoms with Gasteiger partial charge in [0.15, 0.2) is 0 Å². The molecule has 0 saturated carbocycles. The van der Waals surface area contributed by atoms with Gasteiger partial charge in [-0.3, -0.25) is 9.69 Å². The van der Waals surface area contributed by atoms with Crippen LogP contribution in [0.2, 0.25) is 0 Å². The number of nitrogens with one attached hydrogen (secondary N) is 2. The molecule has 196 valence electrons. The van der Waals surface area contributed by atoms with Crippen LogP contribution in [0.3, 0.4) is 0 Å². The van der Waals surface area contributed by atoms with Gasteiger partial charge in [0, 0.05) is 44.6 Å². The smallest absolute Gasteiger partial charge is 0.410 e. The van der Waals surface area contributed by atoms with Crippen LogP contribution >= 0.6 is 0 Å². The predicted molar refractivity (Wildman–Crippen MR) is 143 cm³/mol. The number of benzene rings is 1. The van der Waals surface area contributed by atoms with Crippen molar-refractivity contribution in [1.82, 2.24) is 24.8 Å². The van der Waals surface area contributed by atoms with Gasteiger partial charge in [0.1, 0.15) is 29.1 Å². The summed E-state index contributed by atoms with van der Waals surface area (Å²) >= 11 is 0. The maximum Gasteiger partial charge on any atom is 0.414 e. The third-order valence-electron chi connectivity index (χ3n) is 7.70. The van der Waals surface area contributed by atoms with Crippen molar-refractivity contribution in [2.45, 2.75) is 44.1 Å². The van der Waals surface area contributed by atoms with Gasteiger partial charge in [0.25, 0.3) is 0 Å². The quantitative estimate of drug-likeness (QED) is 0.547. The molecule has 5 rings (SSSR count). The van der Waals surface area contributed by atoms with Crippen molar-refractivity contribution in [3.05, 3.63) is 41.9 Å². The van der Waals surface area contributed by atoms with E-state index >= 15 is 0 Å². The number of rotatable bonds is 5. The standard InChI is InChI=1S/C27H35N7O3/c1-32(2)26(36)37-19-9-7-8-18(16-19)30-25(35)27(33(3)4)12-14-34(15-13-27)24-22-20-10-5-6-11-21(20)31-23(22)28-17-29-24/h7-9,16-17H,5-6,10-15H2,1-4H3,(H,30,35)(H,28,29,31). The molecule has 0 atom stereocenters. The van der Waals surface area contributed by atoms with Crippen molar-refractivity contribution in [1.29, 1.82) is 0 Å². The second-order valence-corrected chi connectivity index (χ2v) is 10.4. The average Bonchev–Trinajstić information content (AvgIpc) is 3.27. The summed E-state index contributed by atoms with van der Waals surface area (Å²) in [5.41, 5.74) is 3.48. The lowest BCUT2D eigenvalue weighted by atomic mass is 9.85. The van der Waals surface area contributed by atoms with E-state index in [0.29, 0.717) is 37.4 Å². The van der Waals surface area contributed by atoms with Crippen LogP contribution in [0.15, 0.2) is 30.6 Å². The van der Waals surface area contributed by atoms with Crippen molar-refractivity contribution in [3.8, 4) is 5.75 Å². The van der Waals surface area contributed by atoms with E-state index in [2.05, 4.69) is 20.2 Å². The second kappa shape index (κ2) is 10.0. The van der Waals surface area contributed by atoms with E-state index in [1.165, 1.54) is 29.0 Å². The molecule has 10 nitrogen and oxygen atoms in total. The molecule has 37 heavy (non-hydrogen) atoms. The van der Waals surface area contributed by atoms with Crippen molar-refractivity contribution < 1.29 is 14.3 Å². The van der Waals surface area contributed by atoms with E-state index in [0.717, 1.165) is 29.7 Å². The molecule has 2 amide bonds. The average molecular weight is 506 g/mol. The Morgan fingerprint density at radius 1 is 1.08 bits per heavy atom. The van der Waals surface area contributed by atoms with Gasteiger partial charge in [-0.05, 0) is 70.3 Å². The molecule has 2 aromatic heterocycles. The molecule has 3 heterocycles. The Balaban J connectivity index is 1.33. The van der Waals surface area contributed by atoms with Crippen LogP contribution in [-0.2, 0) is 17.6 Å². The summed E-state index contributed by atoms with van der Waals surface area (Å²) in [5, 5.41) is 4.20. The molecule has 0 spiro atoms. The molecule has 2 N–H and O–H groups in total. The van der Waals surface area contributed by atoms with Crippen LogP contribution in [0.5, 0.6) is 5.75 Å². The number of H-pyrrole nitrogens is 1. The maximum atomic E-state index is 13.7. The molecule has 3 aromatic rings. The topological polar surface area (TPSA) is 107 Å². The number of aromatic amines is 1. The zero-order valence-corrected chi connectivity index (χ0v) is 22.0. The van der Waals surface area contributed by atoms with Gasteiger partial charge in [-0.1, -0.05) is 6.07 Å². The fraction of sp³-hybridized carbons (Fsp3) is 0.481. The van der Waals surface area contributed by atoms with Gasteiger partial charge in [-0.2, -0.15) is 0 Å². The summed E-state index contributed by atoms with van der Waals surface area (Å²) in [6.45, 7) is 1.41. The number of amides is 2. The summed E-state index contributed by atoms with van der Waals surface area (Å²) in [6.07, 6.45) is 6.97. The van der Waals surface area contributed by atoms with Crippen LogP contribution in [0.25, 0.3) is 11.0 Å². The van der Waals surface area contributed by atoms with E-state index in [1.54, 1.807) is 44.7 Å². The highest BCUT2D eigenvalue weighted by Gasteiger charge is 2.44. The number of likely N-dealkylation sites (N-methyl/N-ethyl adjacent to an activating group) is 1. The summed E-state index contributed by atoms with van der Waals surface area (Å²) in [4.78, 5) is 44.0. The minimum atomic E-state index is -0.670. The summed E-state index contributed by atoms with van der Waals surface area (Å²) in [7, 11) is 7.16. The van der Waals surface area contributed by atoms with E-state index in [4.69, 9.17) is 9.72 Å². The number of piperidine rings is 1. The lowest BCUT2D eigenvalue weighted by molar-refractivity contribution is -0.127. The SMILES string of the molecule is CN(C)C(=O)Oc1cccc(NC(=O)C2(N(C)C)CCN(c3ncnc4[nH]c5c(c34)CCCC5)CC2)c1. The third-order valence-corrected chi connectivity index (χ3v) is 7.70. The van der Waals surface area contributed by atoms with Gasteiger partial charge in [-0.15, -0.1) is 0 Å². The molecule has 1 aliphatic carbocycles. The molecular formula is C27H35N7O3. The van der Waals surface area contributed by atoms with E-state index < -0.39 is 11.6 Å². The molecule has 10 heteroatoms. The Morgan fingerprint density at radius 2 is 1.84 bits per heavy atom. The highest BCUT2D eigenvalue weighted by molar-refractivity contribution is 5.99. The molecule has 1 saturated heterocycles. The lowest BCUT2D eigenvalue weighted by Crippen LogP contribution is -2.59. The summed E-state index contributed by atoms with van der Waals surface area (Å²) in [5.74, 6) is 1.28. The van der Waals surface area contributed by atoms with Crippen molar-refractivity contribution >= 4 is 34.5 Å². The number of carbonyl (C=O) groups excluding carboxylic acids is 2. The minimum absolute atomic E-state index is 0.0694.